The predicted molar refractivity (Wildman–Crippen MR) is 89.2 cm³/mol. The molecule has 20 heavy (non-hydrogen) atoms. The van der Waals surface area contributed by atoms with Gasteiger partial charge in [-0.15, -0.1) is 0 Å². The Labute approximate surface area is 139 Å². The van der Waals surface area contributed by atoms with Crippen molar-refractivity contribution in [1.29, 1.82) is 0 Å². The highest BCUT2D eigenvalue weighted by Gasteiger charge is 2.14. The summed E-state index contributed by atoms with van der Waals surface area (Å²) in [5, 5.41) is 3.62. The molecule has 0 heterocycles. The number of rotatable bonds is 3. The van der Waals surface area contributed by atoms with Crippen LogP contribution in [0.2, 0.25) is 5.02 Å². The van der Waals surface area contributed by atoms with Gasteiger partial charge in [-0.05, 0) is 58.7 Å². The molecule has 2 aromatic rings. The molecule has 104 valence electrons. The van der Waals surface area contributed by atoms with E-state index in [2.05, 4.69) is 37.2 Å². The lowest BCUT2D eigenvalue weighted by molar-refractivity contribution is 0.0939. The molecule has 1 atom stereocenters. The molecule has 5 heteroatoms. The van der Waals surface area contributed by atoms with E-state index in [4.69, 9.17) is 11.6 Å². The zero-order valence-corrected chi connectivity index (χ0v) is 14.6. The topological polar surface area (TPSA) is 29.1 Å². The van der Waals surface area contributed by atoms with Crippen molar-refractivity contribution in [1.82, 2.24) is 5.32 Å². The van der Waals surface area contributed by atoms with Gasteiger partial charge in [-0.1, -0.05) is 39.7 Å². The Bertz CT molecular complexity index is 646. The first kappa shape index (κ1) is 15.5. The molecule has 0 saturated carbocycles. The van der Waals surface area contributed by atoms with E-state index in [1.54, 1.807) is 6.07 Å². The van der Waals surface area contributed by atoms with E-state index < -0.39 is 0 Å². The first-order valence-electron chi connectivity index (χ1n) is 5.99. The summed E-state index contributed by atoms with van der Waals surface area (Å²) in [6, 6.07) is 12.8. The van der Waals surface area contributed by atoms with Gasteiger partial charge in [0.2, 0.25) is 0 Å². The third-order valence-electron chi connectivity index (χ3n) is 2.87. The molecule has 0 saturated heterocycles. The van der Waals surface area contributed by atoms with Crippen molar-refractivity contribution in [2.45, 2.75) is 13.0 Å². The Hall–Kier alpha value is -0.840. The fourth-order valence-electron chi connectivity index (χ4n) is 1.81. The minimum absolute atomic E-state index is 0.114. The van der Waals surface area contributed by atoms with Gasteiger partial charge in [-0.25, -0.2) is 0 Å². The standard InChI is InChI=1S/C15H12Br2ClNO/c1-9(10-3-2-4-12(18)7-10)19-15(20)13-6-5-11(16)8-14(13)17/h2-9H,1H3,(H,19,20). The Morgan fingerprint density at radius 1 is 1.20 bits per heavy atom. The van der Waals surface area contributed by atoms with Gasteiger partial charge in [0.25, 0.3) is 5.91 Å². The number of amides is 1. The fraction of sp³-hybridized carbons (Fsp3) is 0.133. The third-order valence-corrected chi connectivity index (χ3v) is 4.26. The van der Waals surface area contributed by atoms with Gasteiger partial charge in [-0.2, -0.15) is 0 Å². The van der Waals surface area contributed by atoms with Crippen LogP contribution in [0.4, 0.5) is 0 Å². The first-order valence-corrected chi connectivity index (χ1v) is 7.95. The highest BCUT2D eigenvalue weighted by Crippen LogP contribution is 2.23. The quantitative estimate of drug-likeness (QED) is 0.716. The van der Waals surface area contributed by atoms with E-state index in [1.165, 1.54) is 0 Å². The average molecular weight is 418 g/mol. The van der Waals surface area contributed by atoms with E-state index in [1.807, 2.05) is 43.3 Å². The smallest absolute Gasteiger partial charge is 0.252 e. The molecule has 0 aliphatic carbocycles. The second-order valence-corrected chi connectivity index (χ2v) is 6.58. The van der Waals surface area contributed by atoms with Crippen LogP contribution in [0.15, 0.2) is 51.4 Å². The molecule has 0 radical (unpaired) electrons. The lowest BCUT2D eigenvalue weighted by atomic mass is 10.1. The molecule has 1 unspecified atom stereocenters. The lowest BCUT2D eigenvalue weighted by Crippen LogP contribution is -2.26. The molecule has 1 amide bonds. The molecule has 0 aromatic heterocycles. The summed E-state index contributed by atoms with van der Waals surface area (Å²) >= 11 is 12.7. The number of hydrogen-bond acceptors (Lipinski definition) is 1. The van der Waals surface area contributed by atoms with Crippen LogP contribution in [-0.4, -0.2) is 5.91 Å². The highest BCUT2D eigenvalue weighted by atomic mass is 79.9. The van der Waals surface area contributed by atoms with Gasteiger partial charge in [0.1, 0.15) is 0 Å². The Kier molecular flexibility index (Phi) is 5.24. The average Bonchev–Trinajstić information content (AvgIpc) is 2.38. The van der Waals surface area contributed by atoms with Crippen molar-refractivity contribution in [2.75, 3.05) is 0 Å². The molecule has 1 N–H and O–H groups in total. The van der Waals surface area contributed by atoms with Gasteiger partial charge in [0, 0.05) is 14.0 Å². The predicted octanol–water partition coefficient (Wildman–Crippen LogP) is 5.36. The summed E-state index contributed by atoms with van der Waals surface area (Å²) in [7, 11) is 0. The zero-order chi connectivity index (χ0) is 14.7. The van der Waals surface area contributed by atoms with E-state index in [0.717, 1.165) is 14.5 Å². The third kappa shape index (κ3) is 3.84. The summed E-state index contributed by atoms with van der Waals surface area (Å²) < 4.78 is 1.67. The maximum Gasteiger partial charge on any atom is 0.252 e. The second-order valence-electron chi connectivity index (χ2n) is 4.37. The Morgan fingerprint density at radius 3 is 2.60 bits per heavy atom. The van der Waals surface area contributed by atoms with E-state index in [-0.39, 0.29) is 11.9 Å². The Morgan fingerprint density at radius 2 is 1.95 bits per heavy atom. The number of carbonyl (C=O) groups is 1. The maximum absolute atomic E-state index is 12.3. The molecular formula is C15H12Br2ClNO. The Balaban J connectivity index is 2.15. The van der Waals surface area contributed by atoms with Crippen LogP contribution in [0.3, 0.4) is 0 Å². The summed E-state index contributed by atoms with van der Waals surface area (Å²) in [6.45, 7) is 1.93. The SMILES string of the molecule is CC(NC(=O)c1ccc(Br)cc1Br)c1cccc(Cl)c1. The number of halogens is 3. The van der Waals surface area contributed by atoms with Crippen LogP contribution in [-0.2, 0) is 0 Å². The van der Waals surface area contributed by atoms with Crippen molar-refractivity contribution >= 4 is 49.4 Å². The molecule has 0 aliphatic rings. The van der Waals surface area contributed by atoms with Gasteiger partial charge in [0.15, 0.2) is 0 Å². The maximum atomic E-state index is 12.3. The van der Waals surface area contributed by atoms with Crippen molar-refractivity contribution in [2.24, 2.45) is 0 Å². The van der Waals surface area contributed by atoms with Crippen molar-refractivity contribution < 1.29 is 4.79 Å². The molecule has 0 fully saturated rings. The number of carbonyl (C=O) groups excluding carboxylic acids is 1. The van der Waals surface area contributed by atoms with Crippen LogP contribution in [0.5, 0.6) is 0 Å². The van der Waals surface area contributed by atoms with Crippen LogP contribution >= 0.6 is 43.5 Å². The number of hydrogen-bond donors (Lipinski definition) is 1. The summed E-state index contributed by atoms with van der Waals surface area (Å²) in [6.07, 6.45) is 0. The molecular weight excluding hydrogens is 405 g/mol. The molecule has 2 aromatic carbocycles. The number of nitrogens with one attached hydrogen (secondary N) is 1. The molecule has 0 spiro atoms. The van der Waals surface area contributed by atoms with Crippen molar-refractivity contribution in [3.63, 3.8) is 0 Å². The van der Waals surface area contributed by atoms with Gasteiger partial charge >= 0.3 is 0 Å². The summed E-state index contributed by atoms with van der Waals surface area (Å²) in [5.74, 6) is -0.128. The van der Waals surface area contributed by atoms with Crippen LogP contribution in [0.1, 0.15) is 28.9 Å². The van der Waals surface area contributed by atoms with E-state index in [9.17, 15) is 4.79 Å². The van der Waals surface area contributed by atoms with Gasteiger partial charge < -0.3 is 5.32 Å². The van der Waals surface area contributed by atoms with E-state index in [0.29, 0.717) is 10.6 Å². The molecule has 0 aliphatic heterocycles. The highest BCUT2D eigenvalue weighted by molar-refractivity contribution is 9.11. The largest absolute Gasteiger partial charge is 0.345 e. The summed E-state index contributed by atoms with van der Waals surface area (Å²) in [5.41, 5.74) is 1.57. The van der Waals surface area contributed by atoms with Gasteiger partial charge in [0.05, 0.1) is 11.6 Å². The normalized spacial score (nSPS) is 12.0. The zero-order valence-electron chi connectivity index (χ0n) is 10.7. The molecule has 2 rings (SSSR count). The second kappa shape index (κ2) is 6.74. The van der Waals surface area contributed by atoms with Crippen LogP contribution < -0.4 is 5.32 Å². The number of benzene rings is 2. The van der Waals surface area contributed by atoms with Crippen molar-refractivity contribution in [3.8, 4) is 0 Å². The van der Waals surface area contributed by atoms with Crippen molar-refractivity contribution in [3.05, 3.63) is 67.6 Å². The van der Waals surface area contributed by atoms with Crippen LogP contribution in [0, 0.1) is 0 Å². The minimum Gasteiger partial charge on any atom is -0.345 e. The monoisotopic (exact) mass is 415 g/mol. The molecule has 0 bridgehead atoms. The summed E-state index contributed by atoms with van der Waals surface area (Å²) in [4.78, 5) is 12.3. The lowest BCUT2D eigenvalue weighted by Gasteiger charge is -2.15. The van der Waals surface area contributed by atoms with Gasteiger partial charge in [-0.3, -0.25) is 4.79 Å². The first-order chi connectivity index (χ1) is 9.47. The minimum atomic E-state index is -0.128. The molecule has 2 nitrogen and oxygen atoms in total. The van der Waals surface area contributed by atoms with E-state index >= 15 is 0 Å². The van der Waals surface area contributed by atoms with Crippen LogP contribution in [0.25, 0.3) is 0 Å². The fourth-order valence-corrected chi connectivity index (χ4v) is 3.23.